The number of rotatable bonds is 10. The van der Waals surface area contributed by atoms with E-state index in [1.54, 1.807) is 0 Å². The van der Waals surface area contributed by atoms with Gasteiger partial charge in [0.1, 0.15) is 12.4 Å². The maximum Gasteiger partial charge on any atom is 0.191 e. The van der Waals surface area contributed by atoms with Gasteiger partial charge in [-0.05, 0) is 62.5 Å². The first-order chi connectivity index (χ1) is 12.7. The lowest BCUT2D eigenvalue weighted by atomic mass is 10.0. The van der Waals surface area contributed by atoms with Crippen molar-refractivity contribution in [2.24, 2.45) is 16.3 Å². The number of guanidine groups is 1. The molecule has 152 valence electrons. The van der Waals surface area contributed by atoms with Crippen molar-refractivity contribution >= 4 is 29.9 Å². The molecule has 0 radical (unpaired) electrons. The van der Waals surface area contributed by atoms with Crippen LogP contribution < -0.4 is 15.4 Å². The van der Waals surface area contributed by atoms with Crippen LogP contribution in [0.3, 0.4) is 0 Å². The van der Waals surface area contributed by atoms with Crippen LogP contribution in [0.4, 0.5) is 0 Å². The van der Waals surface area contributed by atoms with Crippen LogP contribution in [0.15, 0.2) is 23.2 Å². The molecule has 1 aromatic carbocycles. The quantitative estimate of drug-likeness (QED) is 0.228. The van der Waals surface area contributed by atoms with Gasteiger partial charge in [-0.25, -0.2) is 0 Å². The fraction of sp³-hybridized carbons (Fsp3) is 0.667. The van der Waals surface area contributed by atoms with E-state index < -0.39 is 0 Å². The van der Waals surface area contributed by atoms with Crippen LogP contribution in [0, 0.1) is 18.3 Å². The first-order valence-electron chi connectivity index (χ1n) is 9.91. The van der Waals surface area contributed by atoms with E-state index in [0.29, 0.717) is 25.2 Å². The summed E-state index contributed by atoms with van der Waals surface area (Å²) in [5.41, 5.74) is 2.90. The number of aryl methyl sites for hydroxylation is 1. The summed E-state index contributed by atoms with van der Waals surface area (Å²) in [7, 11) is 1.83. The summed E-state index contributed by atoms with van der Waals surface area (Å²) < 4.78 is 11.3. The highest BCUT2D eigenvalue weighted by Crippen LogP contribution is 2.60. The number of benzene rings is 1. The minimum atomic E-state index is 0. The molecule has 0 amide bonds. The van der Waals surface area contributed by atoms with Gasteiger partial charge in [-0.3, -0.25) is 4.99 Å². The molecule has 0 bridgehead atoms. The number of aliphatic imine (C=N–C) groups is 1. The average Bonchev–Trinajstić information content (AvgIpc) is 3.53. The van der Waals surface area contributed by atoms with E-state index in [4.69, 9.17) is 9.47 Å². The Balaban J connectivity index is 0.00000261. The van der Waals surface area contributed by atoms with Crippen LogP contribution in [0.2, 0.25) is 0 Å². The van der Waals surface area contributed by atoms with Crippen LogP contribution in [0.5, 0.6) is 5.75 Å². The molecule has 0 aromatic heterocycles. The summed E-state index contributed by atoms with van der Waals surface area (Å²) >= 11 is 0. The molecule has 2 aliphatic carbocycles. The fourth-order valence-corrected chi connectivity index (χ4v) is 3.54. The molecule has 0 spiro atoms. The molecule has 0 aliphatic heterocycles. The van der Waals surface area contributed by atoms with Crippen LogP contribution in [0.1, 0.15) is 43.7 Å². The summed E-state index contributed by atoms with van der Waals surface area (Å²) in [4.78, 5) is 4.38. The van der Waals surface area contributed by atoms with Crippen molar-refractivity contribution in [3.05, 3.63) is 29.3 Å². The number of halogens is 1. The SMILES string of the molecule is CCOCCOc1cc(C)ccc1CNC(=NC)NCC1(C2CC2)CC1.I. The van der Waals surface area contributed by atoms with E-state index in [-0.39, 0.29) is 24.0 Å². The Morgan fingerprint density at radius 3 is 2.63 bits per heavy atom. The Bertz CT molecular complexity index is 628. The molecule has 27 heavy (non-hydrogen) atoms. The highest BCUT2D eigenvalue weighted by atomic mass is 127. The van der Waals surface area contributed by atoms with E-state index in [1.807, 2.05) is 14.0 Å². The van der Waals surface area contributed by atoms with Crippen LogP contribution in [0.25, 0.3) is 0 Å². The summed E-state index contributed by atoms with van der Waals surface area (Å²) in [6.45, 7) is 7.72. The van der Waals surface area contributed by atoms with Crippen molar-refractivity contribution in [2.45, 2.75) is 46.1 Å². The lowest BCUT2D eigenvalue weighted by Gasteiger charge is -2.19. The Kier molecular flexibility index (Phi) is 8.66. The molecule has 0 unspecified atom stereocenters. The fourth-order valence-electron chi connectivity index (χ4n) is 3.54. The van der Waals surface area contributed by atoms with Crippen molar-refractivity contribution in [1.29, 1.82) is 0 Å². The van der Waals surface area contributed by atoms with Crippen molar-refractivity contribution in [1.82, 2.24) is 10.6 Å². The molecule has 0 atom stereocenters. The van der Waals surface area contributed by atoms with E-state index in [0.717, 1.165) is 36.3 Å². The highest BCUT2D eigenvalue weighted by molar-refractivity contribution is 14.0. The number of hydrogen-bond acceptors (Lipinski definition) is 3. The van der Waals surface area contributed by atoms with Gasteiger partial charge in [-0.2, -0.15) is 0 Å². The predicted molar refractivity (Wildman–Crippen MR) is 121 cm³/mol. The summed E-state index contributed by atoms with van der Waals surface area (Å²) in [6.07, 6.45) is 5.58. The molecular weight excluding hydrogens is 453 g/mol. The monoisotopic (exact) mass is 487 g/mol. The molecule has 0 heterocycles. The number of ether oxygens (including phenoxy) is 2. The van der Waals surface area contributed by atoms with E-state index in [1.165, 1.54) is 31.2 Å². The lowest BCUT2D eigenvalue weighted by Crippen LogP contribution is -2.40. The average molecular weight is 487 g/mol. The number of hydrogen-bond donors (Lipinski definition) is 2. The third-order valence-electron chi connectivity index (χ3n) is 5.53. The maximum absolute atomic E-state index is 5.92. The highest BCUT2D eigenvalue weighted by Gasteiger charge is 2.53. The van der Waals surface area contributed by atoms with Gasteiger partial charge in [0.25, 0.3) is 0 Å². The second kappa shape index (κ2) is 10.5. The van der Waals surface area contributed by atoms with E-state index >= 15 is 0 Å². The van der Waals surface area contributed by atoms with Crippen molar-refractivity contribution in [3.63, 3.8) is 0 Å². The zero-order chi connectivity index (χ0) is 18.4. The van der Waals surface area contributed by atoms with Crippen LogP contribution in [-0.2, 0) is 11.3 Å². The lowest BCUT2D eigenvalue weighted by molar-refractivity contribution is 0.110. The molecule has 2 N–H and O–H groups in total. The van der Waals surface area contributed by atoms with E-state index in [9.17, 15) is 0 Å². The molecule has 2 aliphatic rings. The minimum absolute atomic E-state index is 0. The largest absolute Gasteiger partial charge is 0.491 e. The Morgan fingerprint density at radius 2 is 2.00 bits per heavy atom. The number of nitrogens with one attached hydrogen (secondary N) is 2. The second-order valence-corrected chi connectivity index (χ2v) is 7.57. The normalized spacial score (nSPS) is 17.8. The molecule has 3 rings (SSSR count). The zero-order valence-corrected chi connectivity index (χ0v) is 19.2. The predicted octanol–water partition coefficient (Wildman–Crippen LogP) is 3.88. The summed E-state index contributed by atoms with van der Waals surface area (Å²) in [5.74, 6) is 2.75. The van der Waals surface area contributed by atoms with Gasteiger partial charge in [0.05, 0.1) is 6.61 Å². The van der Waals surface area contributed by atoms with Gasteiger partial charge in [0.15, 0.2) is 5.96 Å². The maximum atomic E-state index is 5.92. The van der Waals surface area contributed by atoms with Crippen molar-refractivity contribution in [3.8, 4) is 5.75 Å². The van der Waals surface area contributed by atoms with Gasteiger partial charge < -0.3 is 20.1 Å². The molecular formula is C21H34IN3O2. The third-order valence-corrected chi connectivity index (χ3v) is 5.53. The van der Waals surface area contributed by atoms with Gasteiger partial charge >= 0.3 is 0 Å². The molecule has 6 heteroatoms. The minimum Gasteiger partial charge on any atom is -0.491 e. The van der Waals surface area contributed by atoms with Gasteiger partial charge in [0.2, 0.25) is 0 Å². The molecule has 2 fully saturated rings. The zero-order valence-electron chi connectivity index (χ0n) is 16.8. The third kappa shape index (κ3) is 6.52. The first-order valence-corrected chi connectivity index (χ1v) is 9.91. The Hall–Kier alpha value is -1.02. The van der Waals surface area contributed by atoms with Gasteiger partial charge in [0, 0.05) is 32.3 Å². The smallest absolute Gasteiger partial charge is 0.191 e. The van der Waals surface area contributed by atoms with Crippen LogP contribution in [-0.4, -0.2) is 39.4 Å². The molecule has 1 aromatic rings. The number of nitrogens with zero attached hydrogens (tertiary/aromatic N) is 1. The van der Waals surface area contributed by atoms with E-state index in [2.05, 4.69) is 40.7 Å². The van der Waals surface area contributed by atoms with Gasteiger partial charge in [-0.1, -0.05) is 12.1 Å². The molecule has 2 saturated carbocycles. The van der Waals surface area contributed by atoms with Gasteiger partial charge in [-0.15, -0.1) is 24.0 Å². The van der Waals surface area contributed by atoms with Crippen molar-refractivity contribution in [2.75, 3.05) is 33.4 Å². The standard InChI is InChI=1S/C21H33N3O2.HI/c1-4-25-11-12-26-19-13-16(2)5-6-17(19)14-23-20(22-3)24-15-21(9-10-21)18-7-8-18;/h5-6,13,18H,4,7-12,14-15H2,1-3H3,(H2,22,23,24);1H. The van der Waals surface area contributed by atoms with Crippen LogP contribution >= 0.6 is 24.0 Å². The molecule has 0 saturated heterocycles. The topological polar surface area (TPSA) is 54.9 Å². The molecule has 5 nitrogen and oxygen atoms in total. The van der Waals surface area contributed by atoms with Crippen molar-refractivity contribution < 1.29 is 9.47 Å². The Labute approximate surface area is 180 Å². The Morgan fingerprint density at radius 1 is 1.22 bits per heavy atom. The first kappa shape index (κ1) is 22.3. The summed E-state index contributed by atoms with van der Waals surface area (Å²) in [6, 6.07) is 6.33. The summed E-state index contributed by atoms with van der Waals surface area (Å²) in [5, 5.41) is 6.97. The second-order valence-electron chi connectivity index (χ2n) is 7.57.